The van der Waals surface area contributed by atoms with Crippen molar-refractivity contribution in [2.45, 2.75) is 25.1 Å². The van der Waals surface area contributed by atoms with E-state index in [1.54, 1.807) is 44.6 Å². The minimum absolute atomic E-state index is 0.0570. The van der Waals surface area contributed by atoms with Crippen LogP contribution in [0.5, 0.6) is 5.75 Å². The first-order chi connectivity index (χ1) is 22.3. The van der Waals surface area contributed by atoms with Gasteiger partial charge in [0.2, 0.25) is 11.9 Å². The van der Waals surface area contributed by atoms with Crippen molar-refractivity contribution in [2.75, 3.05) is 88.5 Å². The summed E-state index contributed by atoms with van der Waals surface area (Å²) in [6, 6.07) is 8.68. The number of pyridine rings is 1. The van der Waals surface area contributed by atoms with Gasteiger partial charge in [-0.3, -0.25) is 5.32 Å². The summed E-state index contributed by atoms with van der Waals surface area (Å²) in [5.41, 5.74) is 13.6. The number of rotatable bonds is 17. The van der Waals surface area contributed by atoms with Gasteiger partial charge in [0, 0.05) is 62.2 Å². The molecular formula is C32H47F3N8O3S. The zero-order valence-electron chi connectivity index (χ0n) is 27.7. The van der Waals surface area contributed by atoms with Crippen LogP contribution in [0.1, 0.15) is 24.0 Å². The average molecular weight is 681 g/mol. The van der Waals surface area contributed by atoms with Crippen molar-refractivity contribution in [1.82, 2.24) is 10.3 Å². The molecule has 1 aliphatic heterocycles. The molecule has 1 spiro atoms. The van der Waals surface area contributed by atoms with Gasteiger partial charge in [-0.1, -0.05) is 6.07 Å². The number of halogens is 3. The molecule has 2 aliphatic rings. The molecule has 11 nitrogen and oxygen atoms in total. The van der Waals surface area contributed by atoms with E-state index < -0.39 is 28.2 Å². The average Bonchev–Trinajstić information content (AvgIpc) is 2.99. The number of nitrogens with two attached hydrogens (primary N) is 2. The van der Waals surface area contributed by atoms with Gasteiger partial charge < -0.3 is 35.9 Å². The Hall–Kier alpha value is -3.53. The van der Waals surface area contributed by atoms with E-state index in [1.807, 2.05) is 11.0 Å². The van der Waals surface area contributed by atoms with Crippen molar-refractivity contribution in [3.8, 4) is 5.75 Å². The van der Waals surface area contributed by atoms with Gasteiger partial charge in [0.05, 0.1) is 24.5 Å². The molecule has 47 heavy (non-hydrogen) atoms. The fourth-order valence-electron chi connectivity index (χ4n) is 5.46. The summed E-state index contributed by atoms with van der Waals surface area (Å²) in [5.74, 6) is -1.03. The number of hydrogen-bond donors (Lipinski definition) is 4. The predicted molar refractivity (Wildman–Crippen MR) is 186 cm³/mol. The summed E-state index contributed by atoms with van der Waals surface area (Å²) in [6.07, 6.45) is 8.55. The SMILES string of the molecule is CNC(/N=C(\N)c1ccc(N2CC3(C2)CC(F)(F)C3)nc1)Nc1ccc(C(=C/N)/C(F)=N/COCCS(C)(C)C)cc1OCCOC. The molecule has 1 aromatic carbocycles. The number of benzene rings is 1. The van der Waals surface area contributed by atoms with E-state index in [2.05, 4.69) is 44.4 Å². The summed E-state index contributed by atoms with van der Waals surface area (Å²) in [4.78, 5) is 15.0. The molecular weight excluding hydrogens is 633 g/mol. The van der Waals surface area contributed by atoms with Gasteiger partial charge in [0.15, 0.2) is 6.29 Å². The van der Waals surface area contributed by atoms with Crippen LogP contribution >= 0.6 is 10.0 Å². The monoisotopic (exact) mass is 680 g/mol. The van der Waals surface area contributed by atoms with Crippen LogP contribution in [0.2, 0.25) is 0 Å². The zero-order chi connectivity index (χ0) is 34.2. The van der Waals surface area contributed by atoms with E-state index in [0.29, 0.717) is 54.7 Å². The lowest BCUT2D eigenvalue weighted by atomic mass is 9.61. The van der Waals surface area contributed by atoms with Crippen LogP contribution in [0.4, 0.5) is 24.7 Å². The van der Waals surface area contributed by atoms with Crippen molar-refractivity contribution in [3.63, 3.8) is 0 Å². The van der Waals surface area contributed by atoms with Gasteiger partial charge in [-0.25, -0.2) is 33.8 Å². The van der Waals surface area contributed by atoms with E-state index >= 15 is 4.39 Å². The van der Waals surface area contributed by atoms with Crippen molar-refractivity contribution < 1.29 is 27.4 Å². The summed E-state index contributed by atoms with van der Waals surface area (Å²) >= 11 is 0. The highest BCUT2D eigenvalue weighted by Crippen LogP contribution is 2.57. The van der Waals surface area contributed by atoms with Crippen molar-refractivity contribution in [3.05, 3.63) is 53.9 Å². The molecule has 0 bridgehead atoms. The van der Waals surface area contributed by atoms with Crippen LogP contribution in [-0.4, -0.2) is 107 Å². The molecule has 1 aromatic heterocycles. The number of amidine groups is 1. The molecule has 0 amide bonds. The van der Waals surface area contributed by atoms with E-state index in [-0.39, 0.29) is 43.0 Å². The fraction of sp³-hybridized carbons (Fsp3) is 0.531. The maximum atomic E-state index is 15.1. The largest absolute Gasteiger partial charge is 0.489 e. The number of hydrogen-bond acceptors (Lipinski definition) is 10. The number of alkyl halides is 2. The Kier molecular flexibility index (Phi) is 12.0. The summed E-state index contributed by atoms with van der Waals surface area (Å²) < 4.78 is 58.4. The van der Waals surface area contributed by atoms with Crippen LogP contribution in [0.15, 0.2) is 52.7 Å². The highest BCUT2D eigenvalue weighted by Gasteiger charge is 2.61. The molecule has 2 fully saturated rings. The normalized spacial score (nSPS) is 18.8. The van der Waals surface area contributed by atoms with Crippen molar-refractivity contribution in [1.29, 1.82) is 0 Å². The Balaban J connectivity index is 1.42. The second kappa shape index (κ2) is 15.6. The third kappa shape index (κ3) is 9.98. The Morgan fingerprint density at radius 1 is 1.13 bits per heavy atom. The number of methoxy groups -OCH3 is 1. The third-order valence-electron chi connectivity index (χ3n) is 7.88. The Morgan fingerprint density at radius 3 is 2.45 bits per heavy atom. The molecule has 1 saturated heterocycles. The lowest BCUT2D eigenvalue weighted by Crippen LogP contribution is -2.66. The number of aliphatic imine (C=N–C) groups is 2. The molecule has 260 valence electrons. The van der Waals surface area contributed by atoms with E-state index in [9.17, 15) is 8.78 Å². The second-order valence-electron chi connectivity index (χ2n) is 12.7. The number of aromatic nitrogens is 1. The van der Waals surface area contributed by atoms with Crippen LogP contribution in [-0.2, 0) is 9.47 Å². The minimum atomic E-state index is -2.54. The quantitative estimate of drug-likeness (QED) is 0.0844. The van der Waals surface area contributed by atoms with E-state index in [1.165, 1.54) is 0 Å². The number of nitrogens with zero attached hydrogens (tertiary/aromatic N) is 4. The van der Waals surface area contributed by atoms with Crippen LogP contribution in [0.3, 0.4) is 0 Å². The van der Waals surface area contributed by atoms with Gasteiger partial charge in [-0.05, 0) is 55.6 Å². The molecule has 0 radical (unpaired) electrons. The van der Waals surface area contributed by atoms with Gasteiger partial charge in [-0.2, -0.15) is 4.39 Å². The smallest absolute Gasteiger partial charge is 0.249 e. The maximum absolute atomic E-state index is 15.1. The van der Waals surface area contributed by atoms with Crippen LogP contribution in [0, 0.1) is 5.41 Å². The first-order valence-corrected chi connectivity index (χ1v) is 18.3. The Labute approximate surface area is 276 Å². The van der Waals surface area contributed by atoms with Gasteiger partial charge in [0.25, 0.3) is 0 Å². The number of ether oxygens (including phenoxy) is 3. The highest BCUT2D eigenvalue weighted by molar-refractivity contribution is 8.32. The third-order valence-corrected chi connectivity index (χ3v) is 9.27. The molecule has 1 atom stereocenters. The lowest BCUT2D eigenvalue weighted by molar-refractivity contribution is -0.170. The Bertz CT molecular complexity index is 1430. The molecule has 6 N–H and O–H groups in total. The van der Waals surface area contributed by atoms with E-state index in [4.69, 9.17) is 25.7 Å². The van der Waals surface area contributed by atoms with Gasteiger partial charge >= 0.3 is 0 Å². The minimum Gasteiger partial charge on any atom is -0.489 e. The first-order valence-electron chi connectivity index (χ1n) is 15.3. The van der Waals surface area contributed by atoms with Gasteiger partial charge in [-0.15, -0.1) is 0 Å². The summed E-state index contributed by atoms with van der Waals surface area (Å²) in [7, 11) is 2.56. The molecule has 4 rings (SSSR count). The molecule has 1 unspecified atom stereocenters. The molecule has 1 aliphatic carbocycles. The number of allylic oxidation sites excluding steroid dienone is 1. The molecule has 2 heterocycles. The molecule has 15 heteroatoms. The van der Waals surface area contributed by atoms with E-state index in [0.717, 1.165) is 12.0 Å². The van der Waals surface area contributed by atoms with Crippen LogP contribution < -0.4 is 31.7 Å². The predicted octanol–water partition coefficient (Wildman–Crippen LogP) is 4.00. The Morgan fingerprint density at radius 2 is 1.85 bits per heavy atom. The molecule has 1 saturated carbocycles. The lowest BCUT2D eigenvalue weighted by Gasteiger charge is -2.59. The highest BCUT2D eigenvalue weighted by atomic mass is 32.3. The topological polar surface area (TPSA) is 145 Å². The fourth-order valence-corrected chi connectivity index (χ4v) is 6.08. The zero-order valence-corrected chi connectivity index (χ0v) is 28.5. The van der Waals surface area contributed by atoms with Crippen molar-refractivity contribution >= 4 is 38.9 Å². The first kappa shape index (κ1) is 36.3. The standard InChI is InChI=1S/C32H47F3N8O3S/c1-38-30(42-29(37)23-7-9-27(39-16-23)43-19-31(20-43)17-32(34,35)18-31)41-25-8-6-22(14-26(25)46-11-10-44-2)24(15-36)28(33)40-21-45-12-13-47(3,4)5/h6-9,14-16,30,38,41H,10-13,17-21,36H2,1-5H3,(H2,37,42)/b24-15-,40-28-. The van der Waals surface area contributed by atoms with Crippen molar-refractivity contribution in [2.24, 2.45) is 26.9 Å². The summed E-state index contributed by atoms with van der Waals surface area (Å²) in [5, 5.41) is 6.31. The second-order valence-corrected chi connectivity index (χ2v) is 17.3. The number of nitrogens with one attached hydrogen (secondary N) is 2. The summed E-state index contributed by atoms with van der Waals surface area (Å²) in [6.45, 7) is 2.12. The van der Waals surface area contributed by atoms with Gasteiger partial charge in [0.1, 0.15) is 30.7 Å². The molecule has 2 aromatic rings. The van der Waals surface area contributed by atoms with Crippen LogP contribution in [0.25, 0.3) is 5.57 Å². The maximum Gasteiger partial charge on any atom is 0.249 e. The number of anilines is 2.